The minimum absolute atomic E-state index is 0.358. The van der Waals surface area contributed by atoms with Crippen molar-refractivity contribution in [3.8, 4) is 5.75 Å². The standard InChI is InChI=1S/C27H22N2O4/c1-17-3-4-20-16-21-13-14-29(25(21)28-24(20)15-17)22-9-5-19(6-10-22)27(31)33-23-11-7-18(8-12-23)26(30)32-2/h3-12,15-16H,13-14H2,1-2H3. The van der Waals surface area contributed by atoms with Gasteiger partial charge < -0.3 is 14.4 Å². The third-order valence-corrected chi connectivity index (χ3v) is 5.79. The molecule has 6 heteroatoms. The van der Waals surface area contributed by atoms with Gasteiger partial charge in [0.05, 0.1) is 23.8 Å². The number of nitrogens with zero attached hydrogens (tertiary/aromatic N) is 2. The van der Waals surface area contributed by atoms with Crippen molar-refractivity contribution >= 4 is 34.3 Å². The van der Waals surface area contributed by atoms with Crippen LogP contribution < -0.4 is 9.64 Å². The number of aryl methyl sites for hydroxylation is 1. The molecule has 0 fully saturated rings. The fraction of sp³-hybridized carbons (Fsp3) is 0.148. The number of carbonyl (C=O) groups is 2. The van der Waals surface area contributed by atoms with E-state index < -0.39 is 11.9 Å². The first-order chi connectivity index (χ1) is 16.0. The maximum Gasteiger partial charge on any atom is 0.343 e. The third kappa shape index (κ3) is 4.03. The van der Waals surface area contributed by atoms with Crippen LogP contribution in [0.5, 0.6) is 5.75 Å². The van der Waals surface area contributed by atoms with Gasteiger partial charge >= 0.3 is 11.9 Å². The molecule has 6 nitrogen and oxygen atoms in total. The van der Waals surface area contributed by atoms with Crippen molar-refractivity contribution in [2.45, 2.75) is 13.3 Å². The van der Waals surface area contributed by atoms with Gasteiger partial charge in [-0.15, -0.1) is 0 Å². The summed E-state index contributed by atoms with van der Waals surface area (Å²) in [6.07, 6.45) is 0.928. The Balaban J connectivity index is 1.33. The maximum atomic E-state index is 12.6. The first kappa shape index (κ1) is 20.7. The number of benzene rings is 3. The molecule has 5 rings (SSSR count). The molecule has 4 aromatic rings. The van der Waals surface area contributed by atoms with Gasteiger partial charge in [0.2, 0.25) is 0 Å². The van der Waals surface area contributed by atoms with Crippen molar-refractivity contribution in [3.05, 3.63) is 95.1 Å². The molecule has 2 heterocycles. The average Bonchev–Trinajstić information content (AvgIpc) is 3.25. The van der Waals surface area contributed by atoms with Gasteiger partial charge in [0, 0.05) is 17.6 Å². The van der Waals surface area contributed by atoms with Crippen LogP contribution in [0.15, 0.2) is 72.8 Å². The molecular formula is C27H22N2O4. The predicted molar refractivity (Wildman–Crippen MR) is 126 cm³/mol. The normalized spacial score (nSPS) is 12.5. The van der Waals surface area contributed by atoms with Crippen molar-refractivity contribution in [2.75, 3.05) is 18.6 Å². The van der Waals surface area contributed by atoms with Crippen molar-refractivity contribution in [1.82, 2.24) is 4.98 Å². The summed E-state index contributed by atoms with van der Waals surface area (Å²) in [6.45, 7) is 2.91. The Bertz CT molecular complexity index is 1360. The Kier molecular flexibility index (Phi) is 5.26. The third-order valence-electron chi connectivity index (χ3n) is 5.79. The lowest BCUT2D eigenvalue weighted by molar-refractivity contribution is 0.0600. The molecule has 0 unspecified atom stereocenters. The van der Waals surface area contributed by atoms with E-state index in [0.29, 0.717) is 16.9 Å². The topological polar surface area (TPSA) is 68.7 Å². The molecule has 3 aromatic carbocycles. The molecule has 0 N–H and O–H groups in total. The van der Waals surface area contributed by atoms with Gasteiger partial charge in [-0.2, -0.15) is 0 Å². The maximum absolute atomic E-state index is 12.6. The number of fused-ring (bicyclic) bond motifs is 2. The van der Waals surface area contributed by atoms with Crippen LogP contribution in [-0.4, -0.2) is 30.6 Å². The van der Waals surface area contributed by atoms with Crippen molar-refractivity contribution in [2.24, 2.45) is 0 Å². The van der Waals surface area contributed by atoms with E-state index in [1.807, 2.05) is 12.1 Å². The average molecular weight is 438 g/mol. The lowest BCUT2D eigenvalue weighted by atomic mass is 10.1. The summed E-state index contributed by atoms with van der Waals surface area (Å²) in [5, 5.41) is 1.15. The zero-order valence-corrected chi connectivity index (χ0v) is 18.4. The smallest absolute Gasteiger partial charge is 0.343 e. The second-order valence-electron chi connectivity index (χ2n) is 8.02. The molecule has 0 radical (unpaired) electrons. The number of carbonyl (C=O) groups excluding carboxylic acids is 2. The Labute approximate surface area is 191 Å². The molecule has 0 amide bonds. The van der Waals surface area contributed by atoms with Gasteiger partial charge in [-0.25, -0.2) is 14.6 Å². The first-order valence-corrected chi connectivity index (χ1v) is 10.7. The van der Waals surface area contributed by atoms with E-state index in [-0.39, 0.29) is 0 Å². The lowest BCUT2D eigenvalue weighted by Crippen LogP contribution is -2.15. The second-order valence-corrected chi connectivity index (χ2v) is 8.02. The van der Waals surface area contributed by atoms with Crippen LogP contribution in [-0.2, 0) is 11.2 Å². The second kappa shape index (κ2) is 8.39. The number of hydrogen-bond donors (Lipinski definition) is 0. The van der Waals surface area contributed by atoms with Gasteiger partial charge in [-0.1, -0.05) is 12.1 Å². The molecule has 1 aromatic heterocycles. The minimum Gasteiger partial charge on any atom is -0.465 e. The Morgan fingerprint density at radius 3 is 2.30 bits per heavy atom. The zero-order valence-electron chi connectivity index (χ0n) is 18.4. The van der Waals surface area contributed by atoms with E-state index in [1.165, 1.54) is 18.2 Å². The monoisotopic (exact) mass is 438 g/mol. The highest BCUT2D eigenvalue weighted by Crippen LogP contribution is 2.35. The molecule has 1 aliphatic heterocycles. The highest BCUT2D eigenvalue weighted by Gasteiger charge is 2.23. The summed E-state index contributed by atoms with van der Waals surface area (Å²) in [5.41, 5.74) is 5.21. The Morgan fingerprint density at radius 2 is 1.58 bits per heavy atom. The molecule has 0 bridgehead atoms. The van der Waals surface area contributed by atoms with Crippen LogP contribution >= 0.6 is 0 Å². The fourth-order valence-corrected chi connectivity index (χ4v) is 4.04. The van der Waals surface area contributed by atoms with Gasteiger partial charge in [0.15, 0.2) is 0 Å². The van der Waals surface area contributed by atoms with Crippen molar-refractivity contribution in [3.63, 3.8) is 0 Å². The molecule has 0 spiro atoms. The quantitative estimate of drug-likeness (QED) is 0.320. The summed E-state index contributed by atoms with van der Waals surface area (Å²) in [6, 6.07) is 22.1. The SMILES string of the molecule is COC(=O)c1ccc(OC(=O)c2ccc(N3CCc4cc5ccc(C)cc5nc43)cc2)cc1. The van der Waals surface area contributed by atoms with E-state index in [1.54, 1.807) is 36.4 Å². The van der Waals surface area contributed by atoms with Crippen LogP contribution in [0.25, 0.3) is 10.9 Å². The Hall–Kier alpha value is -4.19. The summed E-state index contributed by atoms with van der Waals surface area (Å²) < 4.78 is 10.1. The number of ether oxygens (including phenoxy) is 2. The van der Waals surface area contributed by atoms with E-state index in [9.17, 15) is 9.59 Å². The number of methoxy groups -OCH3 is 1. The summed E-state index contributed by atoms with van der Waals surface area (Å²) in [4.78, 5) is 31.2. The largest absolute Gasteiger partial charge is 0.465 e. The molecule has 1 aliphatic rings. The summed E-state index contributed by atoms with van der Waals surface area (Å²) >= 11 is 0. The van der Waals surface area contributed by atoms with Crippen LogP contribution in [0, 0.1) is 6.92 Å². The number of pyridine rings is 1. The molecule has 0 saturated heterocycles. The number of hydrogen-bond acceptors (Lipinski definition) is 6. The number of esters is 2. The number of anilines is 2. The number of aromatic nitrogens is 1. The molecule has 0 saturated carbocycles. The van der Waals surface area contributed by atoms with Crippen LogP contribution in [0.4, 0.5) is 11.5 Å². The number of rotatable bonds is 4. The minimum atomic E-state index is -0.464. The van der Waals surface area contributed by atoms with E-state index in [2.05, 4.69) is 40.8 Å². The van der Waals surface area contributed by atoms with Gasteiger partial charge in [0.25, 0.3) is 0 Å². The van der Waals surface area contributed by atoms with Gasteiger partial charge in [0.1, 0.15) is 11.6 Å². The van der Waals surface area contributed by atoms with Crippen molar-refractivity contribution < 1.29 is 19.1 Å². The van der Waals surface area contributed by atoms with E-state index in [4.69, 9.17) is 9.72 Å². The van der Waals surface area contributed by atoms with E-state index >= 15 is 0 Å². The predicted octanol–water partition coefficient (Wildman–Crippen LogP) is 5.24. The lowest BCUT2D eigenvalue weighted by Gasteiger charge is -2.19. The molecule has 0 aliphatic carbocycles. The zero-order chi connectivity index (χ0) is 22.9. The molecule has 0 atom stereocenters. The fourth-order valence-electron chi connectivity index (χ4n) is 4.04. The van der Waals surface area contributed by atoms with E-state index in [0.717, 1.165) is 35.4 Å². The summed E-state index contributed by atoms with van der Waals surface area (Å²) in [5.74, 6) is 0.420. The van der Waals surface area contributed by atoms with Crippen LogP contribution in [0.1, 0.15) is 31.8 Å². The van der Waals surface area contributed by atoms with Gasteiger partial charge in [-0.3, -0.25) is 0 Å². The van der Waals surface area contributed by atoms with Gasteiger partial charge in [-0.05, 0) is 85.1 Å². The van der Waals surface area contributed by atoms with Crippen LogP contribution in [0.3, 0.4) is 0 Å². The highest BCUT2D eigenvalue weighted by atomic mass is 16.5. The molecule has 164 valence electrons. The molecule has 33 heavy (non-hydrogen) atoms. The first-order valence-electron chi connectivity index (χ1n) is 10.7. The van der Waals surface area contributed by atoms with Crippen LogP contribution in [0.2, 0.25) is 0 Å². The highest BCUT2D eigenvalue weighted by molar-refractivity contribution is 5.92. The summed E-state index contributed by atoms with van der Waals surface area (Å²) in [7, 11) is 1.32. The molecular weight excluding hydrogens is 416 g/mol. The Morgan fingerprint density at radius 1 is 0.879 bits per heavy atom. The van der Waals surface area contributed by atoms with Crippen molar-refractivity contribution in [1.29, 1.82) is 0 Å².